The lowest BCUT2D eigenvalue weighted by atomic mass is 9.80. The van der Waals surface area contributed by atoms with Gasteiger partial charge in [0, 0.05) is 35.4 Å². The molecule has 0 amide bonds. The van der Waals surface area contributed by atoms with Gasteiger partial charge in [-0.05, 0) is 37.7 Å². The molecule has 2 N–H and O–H groups in total. The van der Waals surface area contributed by atoms with Crippen LogP contribution in [0, 0.1) is 17.6 Å². The van der Waals surface area contributed by atoms with Crippen LogP contribution in [0.1, 0.15) is 42.3 Å². The Bertz CT molecular complexity index is 1250. The SMILES string of the molecule is COC(=O)C1=C(C2CCC(N(CCO)CC(F)(F)F)CC2)NC(c2nccs2)=NC1c1ccc(F)c(F)c1Cl. The Morgan fingerprint density at radius 2 is 1.97 bits per heavy atom. The van der Waals surface area contributed by atoms with Gasteiger partial charge in [0.25, 0.3) is 0 Å². The van der Waals surface area contributed by atoms with Crippen molar-refractivity contribution in [1.82, 2.24) is 15.2 Å². The van der Waals surface area contributed by atoms with Crippen molar-refractivity contribution in [3.63, 3.8) is 0 Å². The number of aliphatic imine (C=N–C) groups is 1. The Morgan fingerprint density at radius 3 is 2.56 bits per heavy atom. The van der Waals surface area contributed by atoms with E-state index >= 15 is 0 Å². The molecule has 1 saturated carbocycles. The number of hydrogen-bond acceptors (Lipinski definition) is 8. The molecule has 1 aromatic heterocycles. The number of benzene rings is 1. The van der Waals surface area contributed by atoms with Crippen molar-refractivity contribution in [2.45, 2.75) is 43.9 Å². The zero-order valence-corrected chi connectivity index (χ0v) is 22.3. The summed E-state index contributed by atoms with van der Waals surface area (Å²) in [4.78, 5) is 23.2. The molecule has 1 aromatic carbocycles. The summed E-state index contributed by atoms with van der Waals surface area (Å²) in [5, 5.41) is 14.2. The molecule has 0 bridgehead atoms. The summed E-state index contributed by atoms with van der Waals surface area (Å²) in [6.45, 7) is -1.64. The third-order valence-electron chi connectivity index (χ3n) is 6.87. The first-order chi connectivity index (χ1) is 18.5. The molecule has 212 valence electrons. The molecule has 2 aliphatic rings. The summed E-state index contributed by atoms with van der Waals surface area (Å²) in [6, 6.07) is 0.586. The minimum atomic E-state index is -4.41. The highest BCUT2D eigenvalue weighted by Crippen LogP contribution is 2.42. The molecule has 1 aliphatic heterocycles. The molecule has 7 nitrogen and oxygen atoms in total. The number of nitrogens with zero attached hydrogens (tertiary/aromatic N) is 3. The number of carbonyl (C=O) groups is 1. The second kappa shape index (κ2) is 12.3. The van der Waals surface area contributed by atoms with Crippen molar-refractivity contribution >= 4 is 34.7 Å². The summed E-state index contributed by atoms with van der Waals surface area (Å²) in [5.74, 6) is -3.21. The lowest BCUT2D eigenvalue weighted by molar-refractivity contribution is -0.153. The molecule has 1 aliphatic carbocycles. The third kappa shape index (κ3) is 6.59. The molecule has 0 spiro atoms. The number of allylic oxidation sites excluding steroid dienone is 1. The van der Waals surface area contributed by atoms with E-state index < -0.39 is 54.0 Å². The lowest BCUT2D eigenvalue weighted by Crippen LogP contribution is -2.46. The molecule has 1 fully saturated rings. The molecule has 2 aromatic rings. The number of aliphatic hydroxyl groups is 1. The van der Waals surface area contributed by atoms with Crippen molar-refractivity contribution in [1.29, 1.82) is 0 Å². The van der Waals surface area contributed by atoms with Gasteiger partial charge in [-0.3, -0.25) is 9.89 Å². The fourth-order valence-electron chi connectivity index (χ4n) is 5.13. The van der Waals surface area contributed by atoms with Gasteiger partial charge in [0.15, 0.2) is 22.5 Å². The van der Waals surface area contributed by atoms with E-state index in [0.717, 1.165) is 6.07 Å². The number of halogens is 6. The number of hydrogen-bond donors (Lipinski definition) is 2. The summed E-state index contributed by atoms with van der Waals surface area (Å²) >= 11 is 7.45. The van der Waals surface area contributed by atoms with Gasteiger partial charge < -0.3 is 15.2 Å². The van der Waals surface area contributed by atoms with Gasteiger partial charge in [0.05, 0.1) is 30.9 Å². The largest absolute Gasteiger partial charge is 0.466 e. The predicted octanol–water partition coefficient (Wildman–Crippen LogP) is 5.01. The number of methoxy groups -OCH3 is 1. The van der Waals surface area contributed by atoms with E-state index in [1.807, 2.05) is 0 Å². The van der Waals surface area contributed by atoms with Crippen molar-refractivity contribution in [3.8, 4) is 0 Å². The average molecular weight is 593 g/mol. The summed E-state index contributed by atoms with van der Waals surface area (Å²) < 4.78 is 72.7. The first-order valence-electron chi connectivity index (χ1n) is 12.2. The van der Waals surface area contributed by atoms with Crippen molar-refractivity contribution in [2.24, 2.45) is 10.9 Å². The van der Waals surface area contributed by atoms with Crippen LogP contribution in [0.15, 0.2) is 40.0 Å². The number of nitrogens with one attached hydrogen (secondary N) is 1. The van der Waals surface area contributed by atoms with Crippen molar-refractivity contribution in [3.05, 3.63) is 62.2 Å². The zero-order valence-electron chi connectivity index (χ0n) is 20.8. The third-order valence-corrected chi connectivity index (χ3v) is 8.03. The minimum Gasteiger partial charge on any atom is -0.466 e. The first-order valence-corrected chi connectivity index (χ1v) is 13.4. The molecule has 2 heterocycles. The van der Waals surface area contributed by atoms with Crippen LogP contribution in [-0.4, -0.2) is 65.8 Å². The molecule has 1 unspecified atom stereocenters. The average Bonchev–Trinajstić information content (AvgIpc) is 3.45. The Labute approximate surface area is 230 Å². The number of esters is 1. The van der Waals surface area contributed by atoms with Crippen molar-refractivity contribution < 1.29 is 36.6 Å². The molecule has 39 heavy (non-hydrogen) atoms. The number of amidine groups is 1. The number of aliphatic hydroxyl groups excluding tert-OH is 1. The molecule has 1 atom stereocenters. The quantitative estimate of drug-likeness (QED) is 0.255. The second-order valence-electron chi connectivity index (χ2n) is 9.24. The molecular formula is C25H26ClF5N4O3S. The normalized spacial score (nSPS) is 22.1. The van der Waals surface area contributed by atoms with Crippen LogP contribution in [0.4, 0.5) is 22.0 Å². The number of thiazole rings is 1. The maximum Gasteiger partial charge on any atom is 0.401 e. The van der Waals surface area contributed by atoms with Crippen LogP contribution in [0.2, 0.25) is 5.02 Å². The van der Waals surface area contributed by atoms with Crippen LogP contribution < -0.4 is 5.32 Å². The van der Waals surface area contributed by atoms with Gasteiger partial charge in [0.1, 0.15) is 6.04 Å². The fraction of sp³-hybridized carbons (Fsp3) is 0.480. The fourth-order valence-corrected chi connectivity index (χ4v) is 5.97. The molecule has 4 rings (SSSR count). The predicted molar refractivity (Wildman–Crippen MR) is 135 cm³/mol. The highest BCUT2D eigenvalue weighted by Gasteiger charge is 2.40. The molecular weight excluding hydrogens is 567 g/mol. The number of carbonyl (C=O) groups excluding carboxylic acids is 1. The Kier molecular flexibility index (Phi) is 9.25. The van der Waals surface area contributed by atoms with Crippen LogP contribution in [0.5, 0.6) is 0 Å². The van der Waals surface area contributed by atoms with Gasteiger partial charge in [-0.25, -0.2) is 18.6 Å². The van der Waals surface area contributed by atoms with Crippen molar-refractivity contribution in [2.75, 3.05) is 26.8 Å². The number of alkyl halides is 3. The second-order valence-corrected chi connectivity index (χ2v) is 10.5. The molecule has 14 heteroatoms. The topological polar surface area (TPSA) is 87.0 Å². The van der Waals surface area contributed by atoms with Crippen LogP contribution in [-0.2, 0) is 9.53 Å². The van der Waals surface area contributed by atoms with E-state index in [9.17, 15) is 31.9 Å². The van der Waals surface area contributed by atoms with Gasteiger partial charge >= 0.3 is 12.1 Å². The zero-order chi connectivity index (χ0) is 28.3. The summed E-state index contributed by atoms with van der Waals surface area (Å²) in [7, 11) is 1.18. The van der Waals surface area contributed by atoms with E-state index in [4.69, 9.17) is 16.3 Å². The van der Waals surface area contributed by atoms with E-state index in [-0.39, 0.29) is 23.6 Å². The highest BCUT2D eigenvalue weighted by molar-refractivity contribution is 7.11. The Balaban J connectivity index is 1.72. The summed E-state index contributed by atoms with van der Waals surface area (Å²) in [6.07, 6.45) is -1.27. The summed E-state index contributed by atoms with van der Waals surface area (Å²) in [5.41, 5.74) is 0.532. The van der Waals surface area contributed by atoms with Gasteiger partial charge in [-0.15, -0.1) is 11.3 Å². The standard InChI is InChI=1S/C25H26ClF5N4O3S/c1-38-24(37)17-20(13-2-4-14(5-3-13)35(9-10-36)12-25(29,30)31)33-22(23-32-8-11-39-23)34-21(17)15-6-7-16(27)19(28)18(15)26/h6-8,11,13-14,21,36H,2-5,9-10,12H2,1H3,(H,33,34). The van der Waals surface area contributed by atoms with Gasteiger partial charge in [-0.1, -0.05) is 17.7 Å². The maximum absolute atomic E-state index is 14.5. The van der Waals surface area contributed by atoms with Gasteiger partial charge in [0.2, 0.25) is 0 Å². The Morgan fingerprint density at radius 1 is 1.26 bits per heavy atom. The Hall–Kier alpha value is -2.61. The monoisotopic (exact) mass is 592 g/mol. The highest BCUT2D eigenvalue weighted by atomic mass is 35.5. The van der Waals surface area contributed by atoms with E-state index in [0.29, 0.717) is 42.2 Å². The van der Waals surface area contributed by atoms with E-state index in [1.165, 1.54) is 29.4 Å². The lowest BCUT2D eigenvalue weighted by Gasteiger charge is -2.39. The number of rotatable bonds is 8. The van der Waals surface area contributed by atoms with Crippen LogP contribution >= 0.6 is 22.9 Å². The molecule has 0 radical (unpaired) electrons. The molecule has 0 saturated heterocycles. The van der Waals surface area contributed by atoms with E-state index in [1.54, 1.807) is 11.6 Å². The van der Waals surface area contributed by atoms with E-state index in [2.05, 4.69) is 15.3 Å². The number of aromatic nitrogens is 1. The van der Waals surface area contributed by atoms with Gasteiger partial charge in [-0.2, -0.15) is 13.2 Å². The smallest absolute Gasteiger partial charge is 0.401 e. The maximum atomic E-state index is 14.5. The first kappa shape index (κ1) is 29.4. The van der Waals surface area contributed by atoms with Crippen LogP contribution in [0.25, 0.3) is 0 Å². The minimum absolute atomic E-state index is 0.0525. The van der Waals surface area contributed by atoms with Crippen LogP contribution in [0.3, 0.4) is 0 Å². The number of ether oxygens (including phenoxy) is 1.